The molecule has 12 heavy (non-hydrogen) atoms. The van der Waals surface area contributed by atoms with Crippen LogP contribution in [-0.2, 0) is 4.74 Å². The molecule has 1 aliphatic rings. The van der Waals surface area contributed by atoms with E-state index in [9.17, 15) is 5.11 Å². The first kappa shape index (κ1) is 10.7. The number of rotatable bonds is 4. The third-order valence-corrected chi connectivity index (χ3v) is 4.31. The van der Waals surface area contributed by atoms with E-state index in [0.717, 1.165) is 5.75 Å². The Labute approximate surface area is 80.3 Å². The molecule has 0 aliphatic carbocycles. The highest BCUT2D eigenvalue weighted by Gasteiger charge is 2.33. The van der Waals surface area contributed by atoms with E-state index in [4.69, 9.17) is 9.84 Å². The van der Waals surface area contributed by atoms with Crippen molar-refractivity contribution in [2.75, 3.05) is 12.4 Å². The van der Waals surface area contributed by atoms with Crippen molar-refractivity contribution in [1.82, 2.24) is 0 Å². The maximum absolute atomic E-state index is 9.35. The summed E-state index contributed by atoms with van der Waals surface area (Å²) in [5.41, 5.74) is 0.0436. The highest BCUT2D eigenvalue weighted by atomic mass is 33.1. The third kappa shape index (κ3) is 2.81. The summed E-state index contributed by atoms with van der Waals surface area (Å²) in [4.78, 5) is 0. The first-order chi connectivity index (χ1) is 5.77. The van der Waals surface area contributed by atoms with Crippen molar-refractivity contribution >= 4 is 21.6 Å². The minimum absolute atomic E-state index is 0.0436. The van der Waals surface area contributed by atoms with Gasteiger partial charge in [0.25, 0.3) is 0 Å². The summed E-state index contributed by atoms with van der Waals surface area (Å²) >= 11 is 0. The van der Waals surface area contributed by atoms with Crippen molar-refractivity contribution in [1.29, 1.82) is 0 Å². The second kappa shape index (κ2) is 5.34. The smallest absolute Gasteiger partial charge is 0.116 e. The van der Waals surface area contributed by atoms with Gasteiger partial charge in [-0.1, -0.05) is 28.5 Å². The Balaban J connectivity index is 2.23. The summed E-state index contributed by atoms with van der Waals surface area (Å²) in [5, 5.41) is 18.1. The Hall–Kier alpha value is 0.580. The predicted molar refractivity (Wildman–Crippen MR) is 52.1 cm³/mol. The molecule has 0 aromatic carbocycles. The average molecular weight is 210 g/mol. The molecular formula is C7H14O3S2. The molecule has 2 N–H and O–H groups in total. The first-order valence-corrected chi connectivity index (χ1v) is 6.38. The number of hydrogen-bond acceptors (Lipinski definition) is 5. The number of aliphatic hydroxyl groups is 2. The van der Waals surface area contributed by atoms with E-state index < -0.39 is 6.10 Å². The molecule has 1 rings (SSSR count). The van der Waals surface area contributed by atoms with E-state index in [1.807, 2.05) is 0 Å². The Morgan fingerprint density at radius 1 is 1.58 bits per heavy atom. The molecule has 0 aromatic rings. The third-order valence-electron chi connectivity index (χ3n) is 1.66. The van der Waals surface area contributed by atoms with Crippen LogP contribution in [0.2, 0.25) is 0 Å². The topological polar surface area (TPSA) is 49.7 Å². The second-order valence-electron chi connectivity index (χ2n) is 2.59. The minimum Gasteiger partial charge on any atom is -0.394 e. The summed E-state index contributed by atoms with van der Waals surface area (Å²) in [6.45, 7) is 1.99. The Kier molecular flexibility index (Phi) is 4.74. The van der Waals surface area contributed by atoms with Crippen LogP contribution < -0.4 is 0 Å². The summed E-state index contributed by atoms with van der Waals surface area (Å²) < 4.78 is 5.37. The molecular weight excluding hydrogens is 196 g/mol. The molecule has 5 heteroatoms. The largest absolute Gasteiger partial charge is 0.394 e. The van der Waals surface area contributed by atoms with Gasteiger partial charge in [0, 0.05) is 12.2 Å². The van der Waals surface area contributed by atoms with E-state index >= 15 is 0 Å². The first-order valence-electron chi connectivity index (χ1n) is 4.00. The number of ether oxygens (including phenoxy) is 1. The molecule has 1 saturated heterocycles. The molecule has 0 unspecified atom stereocenters. The Bertz CT molecular complexity index is 134. The van der Waals surface area contributed by atoms with Gasteiger partial charge in [0.05, 0.1) is 12.7 Å². The summed E-state index contributed by atoms with van der Waals surface area (Å²) in [6.07, 6.45) is -0.243. The van der Waals surface area contributed by atoms with Crippen molar-refractivity contribution < 1.29 is 14.9 Å². The van der Waals surface area contributed by atoms with Crippen molar-refractivity contribution in [3.05, 3.63) is 0 Å². The van der Waals surface area contributed by atoms with Crippen LogP contribution in [0.5, 0.6) is 0 Å². The lowest BCUT2D eigenvalue weighted by Gasteiger charge is -2.10. The second-order valence-corrected chi connectivity index (χ2v) is 5.41. The van der Waals surface area contributed by atoms with Gasteiger partial charge >= 0.3 is 0 Å². The predicted octanol–water partition coefficient (Wildman–Crippen LogP) is 0.856. The van der Waals surface area contributed by atoms with Crippen LogP contribution in [0.1, 0.15) is 13.3 Å². The average Bonchev–Trinajstić information content (AvgIpc) is 2.43. The molecule has 1 heterocycles. The zero-order valence-electron chi connectivity index (χ0n) is 6.97. The number of hydrogen-bond donors (Lipinski definition) is 2. The standard InChI is InChI=1S/C7H14O3S2/c1-2-11-12-7-3-5(9)6(4-8)10-7/h5-9H,2-4H2,1H3/t5-,6+,7-/m0/s1. The van der Waals surface area contributed by atoms with Gasteiger partial charge in [-0.05, 0) is 0 Å². The monoisotopic (exact) mass is 210 g/mol. The van der Waals surface area contributed by atoms with Gasteiger partial charge in [-0.2, -0.15) is 0 Å². The van der Waals surface area contributed by atoms with E-state index in [0.29, 0.717) is 6.42 Å². The summed E-state index contributed by atoms with van der Waals surface area (Å²) in [7, 11) is 3.35. The summed E-state index contributed by atoms with van der Waals surface area (Å²) in [6, 6.07) is 0. The number of aliphatic hydroxyl groups excluding tert-OH is 2. The van der Waals surface area contributed by atoms with Gasteiger partial charge in [0.2, 0.25) is 0 Å². The van der Waals surface area contributed by atoms with Gasteiger partial charge in [-0.3, -0.25) is 0 Å². The van der Waals surface area contributed by atoms with Gasteiger partial charge in [0.1, 0.15) is 11.5 Å². The molecule has 0 saturated carbocycles. The molecule has 3 atom stereocenters. The lowest BCUT2D eigenvalue weighted by atomic mass is 10.2. The molecule has 0 spiro atoms. The van der Waals surface area contributed by atoms with Gasteiger partial charge in [-0.25, -0.2) is 0 Å². The van der Waals surface area contributed by atoms with Crippen LogP contribution >= 0.6 is 21.6 Å². The lowest BCUT2D eigenvalue weighted by Crippen LogP contribution is -2.24. The SMILES string of the molecule is CCSS[C@H]1C[C@H](O)[C@@H](CO)O1. The summed E-state index contributed by atoms with van der Waals surface area (Å²) in [5.74, 6) is 1.03. The van der Waals surface area contributed by atoms with Crippen LogP contribution in [0.15, 0.2) is 0 Å². The molecule has 0 bridgehead atoms. The van der Waals surface area contributed by atoms with E-state index in [-0.39, 0.29) is 18.1 Å². The van der Waals surface area contributed by atoms with Gasteiger partial charge < -0.3 is 14.9 Å². The van der Waals surface area contributed by atoms with Crippen LogP contribution in [0.4, 0.5) is 0 Å². The fourth-order valence-electron chi connectivity index (χ4n) is 1.06. The Morgan fingerprint density at radius 3 is 2.83 bits per heavy atom. The Morgan fingerprint density at radius 2 is 2.33 bits per heavy atom. The van der Waals surface area contributed by atoms with Crippen molar-refractivity contribution in [2.45, 2.75) is 31.0 Å². The zero-order valence-corrected chi connectivity index (χ0v) is 8.61. The molecule has 0 aromatic heterocycles. The fraction of sp³-hybridized carbons (Fsp3) is 1.00. The molecule has 0 amide bonds. The normalized spacial score (nSPS) is 35.8. The minimum atomic E-state index is -0.495. The molecule has 1 fully saturated rings. The maximum Gasteiger partial charge on any atom is 0.116 e. The van der Waals surface area contributed by atoms with E-state index in [2.05, 4.69) is 6.92 Å². The van der Waals surface area contributed by atoms with Crippen LogP contribution in [0.25, 0.3) is 0 Å². The van der Waals surface area contributed by atoms with Gasteiger partial charge in [0.15, 0.2) is 0 Å². The van der Waals surface area contributed by atoms with E-state index in [1.54, 1.807) is 21.6 Å². The van der Waals surface area contributed by atoms with Gasteiger partial charge in [-0.15, -0.1) is 0 Å². The van der Waals surface area contributed by atoms with Crippen LogP contribution in [-0.4, -0.2) is 40.2 Å². The molecule has 72 valence electrons. The van der Waals surface area contributed by atoms with Crippen LogP contribution in [0.3, 0.4) is 0 Å². The van der Waals surface area contributed by atoms with Crippen LogP contribution in [0, 0.1) is 0 Å². The molecule has 1 aliphatic heterocycles. The quantitative estimate of drug-likeness (QED) is 0.674. The molecule has 3 nitrogen and oxygen atoms in total. The highest BCUT2D eigenvalue weighted by Crippen LogP contribution is 2.35. The fourth-order valence-corrected chi connectivity index (χ4v) is 3.05. The van der Waals surface area contributed by atoms with Crippen molar-refractivity contribution in [2.24, 2.45) is 0 Å². The van der Waals surface area contributed by atoms with Crippen molar-refractivity contribution in [3.63, 3.8) is 0 Å². The zero-order chi connectivity index (χ0) is 8.97. The van der Waals surface area contributed by atoms with Crippen molar-refractivity contribution in [3.8, 4) is 0 Å². The van der Waals surface area contributed by atoms with E-state index in [1.165, 1.54) is 0 Å². The molecule has 0 radical (unpaired) electrons. The lowest BCUT2D eigenvalue weighted by molar-refractivity contribution is -0.00224. The maximum atomic E-state index is 9.35. The highest BCUT2D eigenvalue weighted by molar-refractivity contribution is 8.76.